The molecule has 1 saturated carbocycles. The molecule has 130 valence electrons. The third-order valence-electron chi connectivity index (χ3n) is 6.09. The summed E-state index contributed by atoms with van der Waals surface area (Å²) in [6, 6.07) is 13.6. The first-order valence-corrected chi connectivity index (χ1v) is 12.0. The number of hydrogen-bond acceptors (Lipinski definition) is 2. The molecule has 1 aromatic rings. The molecular weight excluding hydrogens is 300 g/mol. The monoisotopic (exact) mass is 334 g/mol. The zero-order valence-corrected chi connectivity index (χ0v) is 16.2. The molecule has 23 heavy (non-hydrogen) atoms. The molecule has 1 aliphatic rings. The summed E-state index contributed by atoms with van der Waals surface area (Å²) in [6.45, 7) is 7.23. The van der Waals surface area contributed by atoms with Crippen molar-refractivity contribution in [3.63, 3.8) is 0 Å². The Balaban J connectivity index is 2.23. The first-order chi connectivity index (χ1) is 11.1. The molecule has 0 bridgehead atoms. The average Bonchev–Trinajstić information content (AvgIpc) is 2.64. The molecule has 1 atom stereocenters. The molecule has 0 amide bonds. The highest BCUT2D eigenvalue weighted by Gasteiger charge is 2.41. The van der Waals surface area contributed by atoms with Crippen molar-refractivity contribution in [2.75, 3.05) is 6.61 Å². The van der Waals surface area contributed by atoms with Crippen molar-refractivity contribution in [2.45, 2.75) is 76.6 Å². The summed E-state index contributed by atoms with van der Waals surface area (Å²) in [5.41, 5.74) is 0.220. The second kappa shape index (κ2) is 8.45. The van der Waals surface area contributed by atoms with Crippen LogP contribution in [0.5, 0.6) is 0 Å². The lowest BCUT2D eigenvalue weighted by molar-refractivity contribution is -0.0744. The van der Waals surface area contributed by atoms with E-state index < -0.39 is 13.9 Å². The molecule has 0 aliphatic heterocycles. The summed E-state index contributed by atoms with van der Waals surface area (Å²) in [5.74, 6) is 0.330. The highest BCUT2D eigenvalue weighted by atomic mass is 28.4. The Labute approximate surface area is 143 Å². The van der Waals surface area contributed by atoms with Gasteiger partial charge in [0.25, 0.3) is 0 Å². The van der Waals surface area contributed by atoms with Crippen LogP contribution in [0.25, 0.3) is 0 Å². The topological polar surface area (TPSA) is 29.5 Å². The van der Waals surface area contributed by atoms with Crippen molar-refractivity contribution in [1.29, 1.82) is 0 Å². The molecule has 0 saturated heterocycles. The lowest BCUT2D eigenvalue weighted by atomic mass is 9.74. The number of hydrogen-bond donors (Lipinski definition) is 1. The summed E-state index contributed by atoms with van der Waals surface area (Å²) < 4.78 is 6.54. The Kier molecular flexibility index (Phi) is 6.87. The van der Waals surface area contributed by atoms with E-state index in [0.717, 1.165) is 36.5 Å². The molecule has 1 unspecified atom stereocenters. The van der Waals surface area contributed by atoms with Crippen LogP contribution in [0.1, 0.15) is 58.4 Å². The fourth-order valence-electron chi connectivity index (χ4n) is 4.06. The van der Waals surface area contributed by atoms with Crippen molar-refractivity contribution in [3.8, 4) is 0 Å². The first kappa shape index (κ1) is 18.7. The second-order valence-electron chi connectivity index (χ2n) is 7.16. The fraction of sp³-hybridized carbons (Fsp3) is 0.700. The van der Waals surface area contributed by atoms with Crippen LogP contribution >= 0.6 is 0 Å². The average molecular weight is 335 g/mol. The number of rotatable bonds is 8. The van der Waals surface area contributed by atoms with E-state index in [2.05, 4.69) is 32.9 Å². The molecule has 1 N–H and O–H groups in total. The molecule has 1 aliphatic carbocycles. The van der Waals surface area contributed by atoms with Crippen molar-refractivity contribution in [2.24, 2.45) is 5.92 Å². The summed E-state index contributed by atoms with van der Waals surface area (Å²) in [7, 11) is -1.68. The van der Waals surface area contributed by atoms with Gasteiger partial charge in [0.1, 0.15) is 5.60 Å². The summed E-state index contributed by atoms with van der Waals surface area (Å²) in [6.07, 6.45) is 6.01. The van der Waals surface area contributed by atoms with Crippen LogP contribution in [-0.2, 0) is 10.0 Å². The van der Waals surface area contributed by atoms with E-state index in [-0.39, 0.29) is 0 Å². The van der Waals surface area contributed by atoms with E-state index in [1.165, 1.54) is 19.3 Å². The van der Waals surface area contributed by atoms with Crippen molar-refractivity contribution in [1.82, 2.24) is 0 Å². The fourth-order valence-corrected chi connectivity index (χ4v) is 6.70. The molecule has 0 spiro atoms. The molecular formula is C20H34O2Si. The largest absolute Gasteiger partial charge is 0.414 e. The van der Waals surface area contributed by atoms with E-state index in [0.29, 0.717) is 12.5 Å². The van der Waals surface area contributed by atoms with E-state index in [1.54, 1.807) is 0 Å². The van der Waals surface area contributed by atoms with Crippen LogP contribution in [-0.4, -0.2) is 20.0 Å². The third kappa shape index (κ3) is 4.26. The molecule has 2 rings (SSSR count). The maximum Gasteiger partial charge on any atom is 0.192 e. The van der Waals surface area contributed by atoms with Gasteiger partial charge < -0.3 is 9.53 Å². The molecule has 2 nitrogen and oxygen atoms in total. The highest BCUT2D eigenvalue weighted by molar-refractivity contribution is 6.73. The Hall–Kier alpha value is -0.643. The molecule has 1 aromatic carbocycles. The SMILES string of the molecule is CC[Si](CC)(CC)OCC(O)(c1ccccc1)C1CCCCC1. The lowest BCUT2D eigenvalue weighted by Gasteiger charge is -2.41. The van der Waals surface area contributed by atoms with Crippen LogP contribution in [0.15, 0.2) is 30.3 Å². The van der Waals surface area contributed by atoms with Gasteiger partial charge in [0.2, 0.25) is 0 Å². The van der Waals surface area contributed by atoms with E-state index in [9.17, 15) is 5.11 Å². The minimum atomic E-state index is -1.68. The quantitative estimate of drug-likeness (QED) is 0.638. The van der Waals surface area contributed by atoms with Crippen molar-refractivity contribution >= 4 is 8.32 Å². The van der Waals surface area contributed by atoms with E-state index in [4.69, 9.17) is 4.43 Å². The Morgan fingerprint density at radius 2 is 1.57 bits per heavy atom. The van der Waals surface area contributed by atoms with E-state index >= 15 is 0 Å². The van der Waals surface area contributed by atoms with Gasteiger partial charge in [-0.2, -0.15) is 0 Å². The first-order valence-electron chi connectivity index (χ1n) is 9.52. The summed E-state index contributed by atoms with van der Waals surface area (Å²) >= 11 is 0. The van der Waals surface area contributed by atoms with Crippen LogP contribution in [0.2, 0.25) is 18.1 Å². The van der Waals surface area contributed by atoms with Crippen LogP contribution in [0.3, 0.4) is 0 Å². The minimum absolute atomic E-state index is 0.330. The van der Waals surface area contributed by atoms with Crippen LogP contribution in [0.4, 0.5) is 0 Å². The standard InChI is InChI=1S/C20H34O2Si/c1-4-23(5-2,6-3)22-17-20(21,18-13-9-7-10-14-18)19-15-11-8-12-16-19/h7,9-10,13-14,19,21H,4-6,8,11-12,15-17H2,1-3H3. The Morgan fingerprint density at radius 3 is 2.09 bits per heavy atom. The molecule has 0 aromatic heterocycles. The third-order valence-corrected chi connectivity index (χ3v) is 10.7. The number of benzene rings is 1. The summed E-state index contributed by atoms with van der Waals surface area (Å²) in [4.78, 5) is 0. The Bertz CT molecular complexity index is 444. The van der Waals surface area contributed by atoms with Gasteiger partial charge in [-0.15, -0.1) is 0 Å². The van der Waals surface area contributed by atoms with Gasteiger partial charge >= 0.3 is 0 Å². The molecule has 0 radical (unpaired) electrons. The predicted octanol–water partition coefficient (Wildman–Crippen LogP) is 5.48. The van der Waals surface area contributed by atoms with Gasteiger partial charge in [-0.25, -0.2) is 0 Å². The van der Waals surface area contributed by atoms with Gasteiger partial charge in [-0.3, -0.25) is 0 Å². The summed E-state index contributed by atoms with van der Waals surface area (Å²) in [5, 5.41) is 11.7. The Morgan fingerprint density at radius 1 is 1.00 bits per heavy atom. The van der Waals surface area contributed by atoms with Gasteiger partial charge in [0.15, 0.2) is 8.32 Å². The van der Waals surface area contributed by atoms with Gasteiger partial charge in [0.05, 0.1) is 6.61 Å². The maximum atomic E-state index is 11.7. The van der Waals surface area contributed by atoms with Crippen molar-refractivity contribution < 1.29 is 9.53 Å². The van der Waals surface area contributed by atoms with Crippen molar-refractivity contribution in [3.05, 3.63) is 35.9 Å². The van der Waals surface area contributed by atoms with Gasteiger partial charge in [0, 0.05) is 0 Å². The minimum Gasteiger partial charge on any atom is -0.414 e. The molecule has 0 heterocycles. The van der Waals surface area contributed by atoms with E-state index in [1.807, 2.05) is 18.2 Å². The molecule has 3 heteroatoms. The zero-order chi connectivity index (χ0) is 16.8. The number of aliphatic hydroxyl groups is 1. The maximum absolute atomic E-state index is 11.7. The lowest BCUT2D eigenvalue weighted by Crippen LogP contribution is -2.46. The normalized spacial score (nSPS) is 19.5. The van der Waals surface area contributed by atoms with Crippen LogP contribution in [0, 0.1) is 5.92 Å². The smallest absolute Gasteiger partial charge is 0.192 e. The predicted molar refractivity (Wildman–Crippen MR) is 100 cm³/mol. The second-order valence-corrected chi connectivity index (χ2v) is 11.9. The van der Waals surface area contributed by atoms with Gasteiger partial charge in [-0.1, -0.05) is 70.4 Å². The molecule has 1 fully saturated rings. The van der Waals surface area contributed by atoms with Crippen LogP contribution < -0.4 is 0 Å². The zero-order valence-electron chi connectivity index (χ0n) is 15.2. The van der Waals surface area contributed by atoms with Gasteiger partial charge in [-0.05, 0) is 42.5 Å². The highest BCUT2D eigenvalue weighted by Crippen LogP contribution is 2.40.